The molecule has 0 unspecified atom stereocenters. The number of likely N-dealkylation sites (N-methyl/N-ethyl adjacent to an activating group) is 1. The third-order valence-corrected chi connectivity index (χ3v) is 10.6. The quantitative estimate of drug-likeness (QED) is 0.398. The Kier molecular flexibility index (Phi) is 14.3. The number of fused-ring (bicyclic) bond motifs is 5. The average Bonchev–Trinajstić information content (AvgIpc) is 3.03. The number of rotatable bonds is 5. The Labute approximate surface area is 296 Å². The minimum absolute atomic E-state index is 0.126. The smallest absolute Gasteiger partial charge is 0.311 e. The molecule has 0 radical (unpaired) electrons. The highest BCUT2D eigenvalue weighted by Crippen LogP contribution is 2.41. The van der Waals surface area contributed by atoms with Gasteiger partial charge in [-0.05, 0) is 67.0 Å². The van der Waals surface area contributed by atoms with Crippen molar-refractivity contribution in [2.24, 2.45) is 28.7 Å². The number of ether oxygens (including phenoxy) is 6. The van der Waals surface area contributed by atoms with Crippen molar-refractivity contribution in [1.29, 1.82) is 0 Å². The summed E-state index contributed by atoms with van der Waals surface area (Å²) in [7, 11) is 3.74. The number of nitrogens with zero attached hydrogens (tertiary/aromatic N) is 2. The number of amides is 1. The number of carbonyl (C=O) groups excluding carboxylic acids is 4. The molecule has 2 N–H and O–H groups in total. The van der Waals surface area contributed by atoms with Crippen LogP contribution in [0, 0.1) is 23.7 Å². The molecule has 1 amide bonds. The van der Waals surface area contributed by atoms with Crippen LogP contribution >= 0.6 is 0 Å². The molecular weight excluding hydrogens is 652 g/mol. The van der Waals surface area contributed by atoms with Gasteiger partial charge in [0, 0.05) is 31.4 Å². The molecule has 0 aliphatic carbocycles. The van der Waals surface area contributed by atoms with Crippen molar-refractivity contribution in [2.75, 3.05) is 27.3 Å². The molecule has 0 spiro atoms. The van der Waals surface area contributed by atoms with E-state index in [1.165, 1.54) is 27.7 Å². The van der Waals surface area contributed by atoms with Gasteiger partial charge in [0.1, 0.15) is 24.9 Å². The molecule has 14 heteroatoms. The maximum Gasteiger partial charge on any atom is 0.311 e. The van der Waals surface area contributed by atoms with Crippen LogP contribution in [0.5, 0.6) is 0 Å². The summed E-state index contributed by atoms with van der Waals surface area (Å²) < 4.78 is 37.5. The largest absolute Gasteiger partial charge is 0.459 e. The van der Waals surface area contributed by atoms with Crippen molar-refractivity contribution in [2.45, 2.75) is 149 Å². The highest BCUT2D eigenvalue weighted by molar-refractivity contribution is 5.98. The second-order valence-corrected chi connectivity index (χ2v) is 15.2. The molecule has 3 heterocycles. The fraction of sp³-hybridized carbons (Fsp3) is 0.861. The van der Waals surface area contributed by atoms with Crippen LogP contribution in [0.2, 0.25) is 0 Å². The van der Waals surface area contributed by atoms with Crippen molar-refractivity contribution in [1.82, 2.24) is 4.90 Å². The van der Waals surface area contributed by atoms with Crippen LogP contribution in [0.3, 0.4) is 0 Å². The van der Waals surface area contributed by atoms with E-state index in [9.17, 15) is 29.4 Å². The molecule has 0 saturated carbocycles. The molecule has 2 bridgehead atoms. The van der Waals surface area contributed by atoms with Gasteiger partial charge in [-0.25, -0.2) is 4.99 Å². The Balaban J connectivity index is 2.31. The highest BCUT2D eigenvalue weighted by Gasteiger charge is 2.53. The molecule has 14 nitrogen and oxygen atoms in total. The van der Waals surface area contributed by atoms with Gasteiger partial charge in [0.05, 0.1) is 42.0 Å². The van der Waals surface area contributed by atoms with E-state index in [0.717, 1.165) is 0 Å². The Morgan fingerprint density at radius 2 is 1.68 bits per heavy atom. The first-order valence-corrected chi connectivity index (χ1v) is 17.8. The maximum atomic E-state index is 13.7. The minimum atomic E-state index is -1.84. The summed E-state index contributed by atoms with van der Waals surface area (Å²) in [5, 5.41) is 23.9. The van der Waals surface area contributed by atoms with E-state index in [-0.39, 0.29) is 25.0 Å². The number of aliphatic hydroxyl groups is 2. The van der Waals surface area contributed by atoms with Gasteiger partial charge in [-0.2, -0.15) is 0 Å². The van der Waals surface area contributed by atoms with Crippen LogP contribution in [0.1, 0.15) is 88.5 Å². The van der Waals surface area contributed by atoms with Crippen molar-refractivity contribution in [3.8, 4) is 0 Å². The zero-order chi connectivity index (χ0) is 37.9. The van der Waals surface area contributed by atoms with Gasteiger partial charge < -0.3 is 43.5 Å². The summed E-state index contributed by atoms with van der Waals surface area (Å²) in [6, 6.07) is -0.287. The summed E-state index contributed by atoms with van der Waals surface area (Å²) in [5.41, 5.74) is -2.85. The summed E-state index contributed by atoms with van der Waals surface area (Å²) in [6.45, 7) is 15.5. The standard InChI is InChI=1S/C36H60N2O12/c1-13-27-36(10,44)32-20(4)28(37-23(7)39)18(2)15-35(9,46-17-25(41)16-45-32)31(21(5)29(42)22(6)33(43)49-27)50-34-30(48-24(8)40)26(38(11)12)14-19(3)47-34/h18-22,26-27,29-32,34,42,44H,13-17H2,1-12H3/b37-28+/t18-,19-,20+,21+,22-,26+,27-,29+,30-,31-,32-,34+,35-,36-/m1/s1. The van der Waals surface area contributed by atoms with Crippen LogP contribution in [0.25, 0.3) is 0 Å². The molecule has 3 rings (SSSR count). The van der Waals surface area contributed by atoms with Gasteiger partial charge in [0.15, 0.2) is 18.2 Å². The third-order valence-electron chi connectivity index (χ3n) is 10.6. The fourth-order valence-corrected chi connectivity index (χ4v) is 8.00. The van der Waals surface area contributed by atoms with Gasteiger partial charge in [-0.15, -0.1) is 0 Å². The minimum Gasteiger partial charge on any atom is -0.459 e. The summed E-state index contributed by atoms with van der Waals surface area (Å²) in [4.78, 5) is 58.4. The maximum absolute atomic E-state index is 13.7. The van der Waals surface area contributed by atoms with E-state index in [1.54, 1.807) is 27.7 Å². The lowest BCUT2D eigenvalue weighted by molar-refractivity contribution is -0.304. The number of hydrogen-bond donors (Lipinski definition) is 2. The van der Waals surface area contributed by atoms with Crippen LogP contribution in [-0.2, 0) is 47.6 Å². The first kappa shape index (κ1) is 42.1. The number of esters is 2. The molecule has 286 valence electrons. The normalized spacial score (nSPS) is 43.4. The molecular formula is C36H60N2O12. The molecule has 3 aliphatic rings. The van der Waals surface area contributed by atoms with Crippen molar-refractivity contribution in [3.63, 3.8) is 0 Å². The highest BCUT2D eigenvalue weighted by atomic mass is 16.7. The van der Waals surface area contributed by atoms with Gasteiger partial charge in [0.2, 0.25) is 5.91 Å². The number of aliphatic hydroxyl groups excluding tert-OH is 1. The lowest BCUT2D eigenvalue weighted by atomic mass is 9.73. The van der Waals surface area contributed by atoms with E-state index in [4.69, 9.17) is 28.4 Å². The molecule has 0 aromatic carbocycles. The lowest BCUT2D eigenvalue weighted by Crippen LogP contribution is -2.61. The summed E-state index contributed by atoms with van der Waals surface area (Å²) in [5.74, 6) is -5.40. The monoisotopic (exact) mass is 712 g/mol. The second-order valence-electron chi connectivity index (χ2n) is 15.2. The van der Waals surface area contributed by atoms with E-state index in [2.05, 4.69) is 4.99 Å². The third kappa shape index (κ3) is 9.55. The molecule has 3 aliphatic heterocycles. The first-order chi connectivity index (χ1) is 23.1. The predicted molar refractivity (Wildman–Crippen MR) is 182 cm³/mol. The Morgan fingerprint density at radius 1 is 1.04 bits per heavy atom. The van der Waals surface area contributed by atoms with E-state index < -0.39 is 109 Å². The topological polar surface area (TPSA) is 180 Å². The van der Waals surface area contributed by atoms with E-state index in [0.29, 0.717) is 12.1 Å². The summed E-state index contributed by atoms with van der Waals surface area (Å²) in [6.07, 6.45) is -6.15. The molecule has 50 heavy (non-hydrogen) atoms. The van der Waals surface area contributed by atoms with E-state index >= 15 is 0 Å². The van der Waals surface area contributed by atoms with Crippen LogP contribution < -0.4 is 0 Å². The molecule has 14 atom stereocenters. The van der Waals surface area contributed by atoms with Crippen LogP contribution in [0.4, 0.5) is 0 Å². The van der Waals surface area contributed by atoms with E-state index in [1.807, 2.05) is 32.8 Å². The molecule has 3 fully saturated rings. The van der Waals surface area contributed by atoms with Gasteiger partial charge in [0.25, 0.3) is 0 Å². The fourth-order valence-electron chi connectivity index (χ4n) is 8.00. The van der Waals surface area contributed by atoms with Crippen molar-refractivity contribution >= 4 is 29.3 Å². The Morgan fingerprint density at radius 3 is 2.24 bits per heavy atom. The van der Waals surface area contributed by atoms with Gasteiger partial charge >= 0.3 is 11.9 Å². The number of hydrogen-bond acceptors (Lipinski definition) is 13. The van der Waals surface area contributed by atoms with Crippen LogP contribution in [-0.4, -0.2) is 132 Å². The zero-order valence-corrected chi connectivity index (χ0v) is 31.8. The number of aliphatic imine (C=N–C) groups is 1. The number of cyclic esters (lactones) is 1. The lowest BCUT2D eigenvalue weighted by Gasteiger charge is -2.49. The SMILES string of the molecule is CC[C@H]1OC(=O)[C@H](C)[C@@H](O)[C@H](C)[C@@H](O[C@@H]2O[C@H](C)C[C@H](N(C)C)[C@H]2OC(C)=O)[C@@]2(C)C[C@@H](C)/C(=N\C(C)=O)[C@H](C)[C@@H](OCC(=O)CO2)[C@]1(C)O. The predicted octanol–water partition coefficient (Wildman–Crippen LogP) is 2.48. The number of ketones is 1. The molecule has 0 aromatic heterocycles. The van der Waals surface area contributed by atoms with Crippen LogP contribution in [0.15, 0.2) is 4.99 Å². The van der Waals surface area contributed by atoms with Gasteiger partial charge in [-0.3, -0.25) is 19.2 Å². The Bertz CT molecular complexity index is 1260. The summed E-state index contributed by atoms with van der Waals surface area (Å²) >= 11 is 0. The average molecular weight is 713 g/mol. The molecule has 3 saturated heterocycles. The van der Waals surface area contributed by atoms with Crippen molar-refractivity contribution < 1.29 is 57.8 Å². The Hall–Kier alpha value is -2.33. The van der Waals surface area contributed by atoms with Crippen molar-refractivity contribution in [3.05, 3.63) is 0 Å². The first-order valence-electron chi connectivity index (χ1n) is 17.8. The number of Topliss-reactive ketones (excluding diaryl/α,β-unsaturated/α-hetero) is 1. The van der Waals surface area contributed by atoms with Gasteiger partial charge in [-0.1, -0.05) is 27.7 Å². The number of carbonyl (C=O) groups is 4. The zero-order valence-electron chi connectivity index (χ0n) is 31.8. The molecule has 0 aromatic rings. The second kappa shape index (κ2) is 17.0.